The Morgan fingerprint density at radius 1 is 0.775 bits per heavy atom. The number of nitrogens with two attached hydrogens (primary N) is 1. The molecule has 1 atom stereocenters. The number of amides is 1. The van der Waals surface area contributed by atoms with Crippen molar-refractivity contribution in [3.8, 4) is 0 Å². The van der Waals surface area contributed by atoms with Crippen molar-refractivity contribution in [1.29, 1.82) is 0 Å². The minimum absolute atomic E-state index is 0.112. The smallest absolute Gasteiger partial charge is 0.320 e. The maximum absolute atomic E-state index is 11.8. The number of methoxy groups -OCH3 is 1. The largest absolute Gasteiger partial charge is 0.480 e. The predicted molar refractivity (Wildman–Crippen MR) is 173 cm³/mol. The number of carboxylic acid groups (broad SMARTS) is 1. The zero-order valence-corrected chi connectivity index (χ0v) is 29.5. The summed E-state index contributed by atoms with van der Waals surface area (Å²) in [5.74, 6) is -0.582. The lowest BCUT2D eigenvalue weighted by Crippen LogP contribution is -2.47. The number of nitrogens with zero attached hydrogens (tertiary/aromatic N) is 2. The van der Waals surface area contributed by atoms with E-state index in [0.29, 0.717) is 35.0 Å². The van der Waals surface area contributed by atoms with E-state index >= 15 is 0 Å². The van der Waals surface area contributed by atoms with Gasteiger partial charge in [-0.2, -0.15) is 0 Å². The summed E-state index contributed by atoms with van der Waals surface area (Å²) < 4.78 is 4.92. The van der Waals surface area contributed by atoms with Gasteiger partial charge >= 0.3 is 5.97 Å². The summed E-state index contributed by atoms with van der Waals surface area (Å²) in [5.41, 5.74) is 6.75. The molecule has 7 heteroatoms. The standard InChI is InChI=1S/C11H22N2O.C10H21NO2.C7H16O.C5H12/c1-11(2,3)9-10(14)13-7-5-12(4)6-8-13;1-10(2,3)7-5-4-6-8(11)9(12)13;1-7(2,3)5-6-8-4;1-5(2,3)4/h5-9H2,1-4H3;8H,4-7,11H2,1-3H3,(H,12,13);5-6H2,1-4H3;1-4H3/t;8-;;/m.0../s1. The summed E-state index contributed by atoms with van der Waals surface area (Å²) in [6.07, 6.45) is 5.49. The Morgan fingerprint density at radius 3 is 1.50 bits per heavy atom. The van der Waals surface area contributed by atoms with Crippen molar-refractivity contribution >= 4 is 11.9 Å². The average molecular weight is 574 g/mol. The number of likely N-dealkylation sites (N-methyl/N-ethyl adjacent to an activating group) is 1. The van der Waals surface area contributed by atoms with Gasteiger partial charge in [-0.1, -0.05) is 103 Å². The van der Waals surface area contributed by atoms with E-state index in [-0.39, 0.29) is 5.41 Å². The highest BCUT2D eigenvalue weighted by molar-refractivity contribution is 5.77. The zero-order chi connectivity index (χ0) is 32.4. The van der Waals surface area contributed by atoms with E-state index < -0.39 is 12.0 Å². The van der Waals surface area contributed by atoms with E-state index in [9.17, 15) is 9.59 Å². The molecule has 1 aliphatic heterocycles. The minimum atomic E-state index is -0.893. The fourth-order valence-electron chi connectivity index (χ4n) is 3.17. The van der Waals surface area contributed by atoms with Crippen LogP contribution in [0.15, 0.2) is 0 Å². The van der Waals surface area contributed by atoms with Crippen LogP contribution in [0.25, 0.3) is 0 Å². The molecule has 1 fully saturated rings. The molecule has 0 aromatic rings. The van der Waals surface area contributed by atoms with Crippen molar-refractivity contribution in [1.82, 2.24) is 9.80 Å². The maximum atomic E-state index is 11.8. The van der Waals surface area contributed by atoms with E-state index in [1.807, 2.05) is 4.90 Å². The summed E-state index contributed by atoms with van der Waals surface area (Å²) in [4.78, 5) is 26.4. The highest BCUT2D eigenvalue weighted by Gasteiger charge is 2.23. The van der Waals surface area contributed by atoms with E-state index in [2.05, 4.69) is 102 Å². The monoisotopic (exact) mass is 574 g/mol. The lowest BCUT2D eigenvalue weighted by molar-refractivity contribution is -0.138. The number of piperazine rings is 1. The van der Waals surface area contributed by atoms with Crippen LogP contribution in [0.4, 0.5) is 0 Å². The quantitative estimate of drug-likeness (QED) is 0.295. The van der Waals surface area contributed by atoms with Crippen LogP contribution in [0, 0.1) is 21.7 Å². The Balaban J connectivity index is -0.000000487. The number of aliphatic carboxylic acids is 1. The molecule has 0 aromatic carbocycles. The molecule has 242 valence electrons. The number of carboxylic acids is 1. The molecule has 1 aliphatic rings. The molecular formula is C33H71N3O4. The second-order valence-corrected chi connectivity index (χ2v) is 16.5. The summed E-state index contributed by atoms with van der Waals surface area (Å²) in [5, 5.41) is 8.52. The van der Waals surface area contributed by atoms with Crippen LogP contribution in [0.3, 0.4) is 0 Å². The van der Waals surface area contributed by atoms with Gasteiger partial charge in [0.2, 0.25) is 5.91 Å². The van der Waals surface area contributed by atoms with Gasteiger partial charge in [0.05, 0.1) is 0 Å². The van der Waals surface area contributed by atoms with Crippen LogP contribution >= 0.6 is 0 Å². The molecular weight excluding hydrogens is 502 g/mol. The third kappa shape index (κ3) is 39.0. The molecule has 0 unspecified atom stereocenters. The summed E-state index contributed by atoms with van der Waals surface area (Å²) in [7, 11) is 3.84. The van der Waals surface area contributed by atoms with Crippen LogP contribution < -0.4 is 5.73 Å². The van der Waals surface area contributed by atoms with Gasteiger partial charge in [0.25, 0.3) is 0 Å². The molecule has 3 N–H and O–H groups in total. The van der Waals surface area contributed by atoms with Gasteiger partial charge in [-0.3, -0.25) is 9.59 Å². The average Bonchev–Trinajstić information content (AvgIpc) is 2.73. The molecule has 0 bridgehead atoms. The minimum Gasteiger partial charge on any atom is -0.480 e. The normalized spacial score (nSPS) is 15.4. The van der Waals surface area contributed by atoms with Crippen LogP contribution in [-0.2, 0) is 14.3 Å². The van der Waals surface area contributed by atoms with Gasteiger partial charge in [-0.25, -0.2) is 0 Å². The first-order valence-electron chi connectivity index (χ1n) is 15.2. The number of hydrogen-bond donors (Lipinski definition) is 2. The Bertz CT molecular complexity index is 639. The summed E-state index contributed by atoms with van der Waals surface area (Å²) in [6.45, 7) is 33.0. The van der Waals surface area contributed by atoms with Crippen molar-refractivity contribution in [3.63, 3.8) is 0 Å². The fourth-order valence-corrected chi connectivity index (χ4v) is 3.17. The molecule has 1 rings (SSSR count). The van der Waals surface area contributed by atoms with Gasteiger partial charge < -0.3 is 25.4 Å². The van der Waals surface area contributed by atoms with Crippen molar-refractivity contribution in [2.45, 2.75) is 135 Å². The van der Waals surface area contributed by atoms with E-state index in [1.165, 1.54) is 0 Å². The lowest BCUT2D eigenvalue weighted by Gasteiger charge is -2.34. The Morgan fingerprint density at radius 2 is 1.20 bits per heavy atom. The highest BCUT2D eigenvalue weighted by atomic mass is 16.5. The Kier molecular flexibility index (Phi) is 22.3. The molecule has 0 radical (unpaired) electrons. The molecule has 7 nitrogen and oxygen atoms in total. The van der Waals surface area contributed by atoms with Gasteiger partial charge in [-0.15, -0.1) is 0 Å². The molecule has 40 heavy (non-hydrogen) atoms. The molecule has 0 aliphatic carbocycles. The molecule has 1 heterocycles. The number of rotatable bonds is 8. The topological polar surface area (TPSA) is 96.1 Å². The van der Waals surface area contributed by atoms with Crippen molar-refractivity contribution in [2.24, 2.45) is 27.4 Å². The van der Waals surface area contributed by atoms with Crippen molar-refractivity contribution in [3.05, 3.63) is 0 Å². The van der Waals surface area contributed by atoms with E-state index in [1.54, 1.807) is 7.11 Å². The molecule has 1 amide bonds. The first-order valence-corrected chi connectivity index (χ1v) is 15.2. The number of carbonyl (C=O) groups excluding carboxylic acids is 1. The third-order valence-electron chi connectivity index (χ3n) is 5.60. The third-order valence-corrected chi connectivity index (χ3v) is 5.60. The molecule has 0 spiro atoms. The van der Waals surface area contributed by atoms with Crippen LogP contribution in [0.2, 0.25) is 0 Å². The SMILES string of the molecule is CC(C)(C)C.CC(C)(C)CCCC[C@H](N)C(=O)O.CN1CCN(C(=O)CC(C)(C)C)CC1.COCCC(C)(C)C. The fraction of sp³-hybridized carbons (Fsp3) is 0.939. The van der Waals surface area contributed by atoms with Crippen LogP contribution in [0.1, 0.15) is 129 Å². The van der Waals surface area contributed by atoms with Crippen molar-refractivity contribution in [2.75, 3.05) is 46.9 Å². The number of hydrogen-bond acceptors (Lipinski definition) is 5. The number of carbonyl (C=O) groups is 2. The van der Waals surface area contributed by atoms with Crippen LogP contribution in [-0.4, -0.2) is 79.8 Å². The van der Waals surface area contributed by atoms with E-state index in [0.717, 1.165) is 58.5 Å². The second kappa shape index (κ2) is 20.7. The number of unbranched alkanes of at least 4 members (excludes halogenated alkanes) is 1. The highest BCUT2D eigenvalue weighted by Crippen LogP contribution is 2.22. The molecule has 0 aromatic heterocycles. The maximum Gasteiger partial charge on any atom is 0.320 e. The van der Waals surface area contributed by atoms with Gasteiger partial charge in [0.1, 0.15) is 6.04 Å². The molecule has 1 saturated heterocycles. The summed E-state index contributed by atoms with van der Waals surface area (Å²) in [6, 6.07) is -0.681. The van der Waals surface area contributed by atoms with Crippen molar-refractivity contribution < 1.29 is 19.4 Å². The Hall–Kier alpha value is -1.18. The van der Waals surface area contributed by atoms with Crippen LogP contribution in [0.5, 0.6) is 0 Å². The second-order valence-electron chi connectivity index (χ2n) is 16.5. The summed E-state index contributed by atoms with van der Waals surface area (Å²) >= 11 is 0. The number of ether oxygens (including phenoxy) is 1. The van der Waals surface area contributed by atoms with Gasteiger partial charge in [0.15, 0.2) is 0 Å². The van der Waals surface area contributed by atoms with E-state index in [4.69, 9.17) is 15.6 Å². The first kappa shape index (κ1) is 43.3. The molecule has 0 saturated carbocycles. The van der Waals surface area contributed by atoms with Gasteiger partial charge in [0, 0.05) is 46.3 Å². The predicted octanol–water partition coefficient (Wildman–Crippen LogP) is 7.32. The zero-order valence-electron chi connectivity index (χ0n) is 29.5. The Labute approximate surface area is 250 Å². The lowest BCUT2D eigenvalue weighted by atomic mass is 9.89. The first-order chi connectivity index (χ1) is 17.8. The van der Waals surface area contributed by atoms with Gasteiger partial charge in [-0.05, 0) is 48.0 Å².